The van der Waals surface area contributed by atoms with Crippen LogP contribution in [0.5, 0.6) is 0 Å². The minimum atomic E-state index is -0.313. The molecule has 1 aliphatic heterocycles. The lowest BCUT2D eigenvalue weighted by Crippen LogP contribution is -2.10. The van der Waals surface area contributed by atoms with Crippen molar-refractivity contribution in [2.75, 3.05) is 0 Å². The zero-order valence-corrected chi connectivity index (χ0v) is 16.9. The molecule has 4 rings (SSSR count). The fourth-order valence-corrected chi connectivity index (χ4v) is 3.81. The van der Waals surface area contributed by atoms with Crippen molar-refractivity contribution in [2.24, 2.45) is 4.99 Å². The summed E-state index contributed by atoms with van der Waals surface area (Å²) in [7, 11) is 0. The first kappa shape index (κ1) is 18.7. The number of Topliss-reactive ketones (excluding diaryl/α,β-unsaturated/α-hetero) is 1. The number of hydrogen-bond donors (Lipinski definition) is 1. The Bertz CT molecular complexity index is 1060. The standard InChI is InChI=1S/C21H19BrN4O2/c1-13(28)5-7-18-21-24-11-15(12-27)26(21)19-8-6-14(22)10-16(19)20(25-18)17-4-2-3-9-23-17/h2-4,6,8-11,18,27H,5,7,12H2,1H3/t18-/m0/s1. The van der Waals surface area contributed by atoms with E-state index in [1.54, 1.807) is 19.3 Å². The van der Waals surface area contributed by atoms with Crippen LogP contribution in [0.2, 0.25) is 0 Å². The van der Waals surface area contributed by atoms with Crippen LogP contribution in [0.4, 0.5) is 0 Å². The Morgan fingerprint density at radius 1 is 1.25 bits per heavy atom. The molecule has 0 radical (unpaired) electrons. The molecule has 6 nitrogen and oxygen atoms in total. The summed E-state index contributed by atoms with van der Waals surface area (Å²) >= 11 is 3.55. The van der Waals surface area contributed by atoms with Crippen molar-refractivity contribution >= 4 is 27.4 Å². The zero-order chi connectivity index (χ0) is 19.7. The monoisotopic (exact) mass is 438 g/mol. The van der Waals surface area contributed by atoms with Gasteiger partial charge >= 0.3 is 0 Å². The maximum Gasteiger partial charge on any atom is 0.138 e. The second kappa shape index (κ2) is 7.77. The highest BCUT2D eigenvalue weighted by atomic mass is 79.9. The van der Waals surface area contributed by atoms with Crippen molar-refractivity contribution in [3.8, 4) is 5.69 Å². The van der Waals surface area contributed by atoms with Crippen molar-refractivity contribution in [2.45, 2.75) is 32.4 Å². The highest BCUT2D eigenvalue weighted by molar-refractivity contribution is 9.10. The summed E-state index contributed by atoms with van der Waals surface area (Å²) in [4.78, 5) is 25.7. The van der Waals surface area contributed by atoms with E-state index in [9.17, 15) is 9.90 Å². The Morgan fingerprint density at radius 3 is 2.82 bits per heavy atom. The van der Waals surface area contributed by atoms with Crippen molar-refractivity contribution < 1.29 is 9.90 Å². The Labute approximate surface area is 171 Å². The van der Waals surface area contributed by atoms with Gasteiger partial charge in [-0.05, 0) is 43.7 Å². The van der Waals surface area contributed by atoms with Crippen LogP contribution in [0.25, 0.3) is 5.69 Å². The van der Waals surface area contributed by atoms with Crippen LogP contribution in [0.3, 0.4) is 0 Å². The van der Waals surface area contributed by atoms with E-state index in [1.807, 2.05) is 41.0 Å². The molecule has 1 aliphatic rings. The van der Waals surface area contributed by atoms with Gasteiger partial charge < -0.3 is 9.90 Å². The Hall–Kier alpha value is -2.64. The number of nitrogens with zero attached hydrogens (tertiary/aromatic N) is 4. The zero-order valence-electron chi connectivity index (χ0n) is 15.3. The molecule has 0 fully saturated rings. The number of carbonyl (C=O) groups is 1. The minimum Gasteiger partial charge on any atom is -0.390 e. The van der Waals surface area contributed by atoms with E-state index < -0.39 is 0 Å². The lowest BCUT2D eigenvalue weighted by atomic mass is 10.0. The fraction of sp³-hybridized carbons (Fsp3) is 0.238. The van der Waals surface area contributed by atoms with Gasteiger partial charge in [0.2, 0.25) is 0 Å². The molecule has 7 heteroatoms. The molecule has 0 saturated heterocycles. The minimum absolute atomic E-state index is 0.111. The van der Waals surface area contributed by atoms with Gasteiger partial charge in [0.15, 0.2) is 0 Å². The molecule has 0 unspecified atom stereocenters. The van der Waals surface area contributed by atoms with Gasteiger partial charge in [-0.2, -0.15) is 0 Å². The number of aliphatic hydroxyl groups is 1. The molecule has 0 spiro atoms. The van der Waals surface area contributed by atoms with E-state index in [0.29, 0.717) is 18.5 Å². The molecule has 0 amide bonds. The topological polar surface area (TPSA) is 80.4 Å². The summed E-state index contributed by atoms with van der Waals surface area (Å²) in [5, 5.41) is 9.87. The van der Waals surface area contributed by atoms with Crippen LogP contribution < -0.4 is 0 Å². The van der Waals surface area contributed by atoms with E-state index in [-0.39, 0.29) is 18.4 Å². The Morgan fingerprint density at radius 2 is 2.11 bits per heavy atom. The number of fused-ring (bicyclic) bond motifs is 3. The predicted molar refractivity (Wildman–Crippen MR) is 110 cm³/mol. The number of hydrogen-bond acceptors (Lipinski definition) is 5. The van der Waals surface area contributed by atoms with Gasteiger partial charge in [0.25, 0.3) is 0 Å². The number of aliphatic imine (C=N–C) groups is 1. The third-order valence-corrected chi connectivity index (χ3v) is 5.23. The molecule has 1 aromatic carbocycles. The van der Waals surface area contributed by atoms with Crippen molar-refractivity contribution in [3.63, 3.8) is 0 Å². The molecule has 1 atom stereocenters. The predicted octanol–water partition coefficient (Wildman–Crippen LogP) is 3.78. The number of imidazole rings is 1. The van der Waals surface area contributed by atoms with E-state index in [1.165, 1.54) is 0 Å². The Balaban J connectivity index is 1.98. The van der Waals surface area contributed by atoms with Crippen LogP contribution in [-0.4, -0.2) is 31.1 Å². The molecule has 1 N–H and O–H groups in total. The normalized spacial score (nSPS) is 15.4. The lowest BCUT2D eigenvalue weighted by molar-refractivity contribution is -0.117. The fourth-order valence-electron chi connectivity index (χ4n) is 3.44. The summed E-state index contributed by atoms with van der Waals surface area (Å²) in [6.45, 7) is 1.44. The summed E-state index contributed by atoms with van der Waals surface area (Å²) < 4.78 is 2.87. The van der Waals surface area contributed by atoms with Crippen molar-refractivity contribution in [3.05, 3.63) is 76.0 Å². The third kappa shape index (κ3) is 3.43. The molecule has 3 heterocycles. The van der Waals surface area contributed by atoms with Gasteiger partial charge in [0.05, 0.1) is 35.6 Å². The average molecular weight is 439 g/mol. The van der Waals surface area contributed by atoms with Crippen LogP contribution in [-0.2, 0) is 11.4 Å². The highest BCUT2D eigenvalue weighted by Gasteiger charge is 2.28. The number of ketones is 1. The van der Waals surface area contributed by atoms with Gasteiger partial charge in [-0.1, -0.05) is 22.0 Å². The molecular formula is C21H19BrN4O2. The SMILES string of the molecule is CC(=O)CC[C@@H]1N=C(c2ccccn2)c2cc(Br)ccc2-n2c(CO)cnc21. The number of pyridine rings is 1. The molecule has 2 aromatic heterocycles. The number of aromatic nitrogens is 3. The molecule has 3 aromatic rings. The molecule has 0 saturated carbocycles. The molecule has 0 aliphatic carbocycles. The number of benzene rings is 1. The molecule has 142 valence electrons. The number of halogens is 1. The largest absolute Gasteiger partial charge is 0.390 e. The Kier molecular flexibility index (Phi) is 5.19. The van der Waals surface area contributed by atoms with E-state index >= 15 is 0 Å². The van der Waals surface area contributed by atoms with Crippen molar-refractivity contribution in [1.29, 1.82) is 0 Å². The summed E-state index contributed by atoms with van der Waals surface area (Å²) in [6.07, 6.45) is 4.36. The first-order valence-corrected chi connectivity index (χ1v) is 9.84. The third-order valence-electron chi connectivity index (χ3n) is 4.74. The van der Waals surface area contributed by atoms with Gasteiger partial charge in [-0.3, -0.25) is 14.5 Å². The first-order chi connectivity index (χ1) is 13.6. The van der Waals surface area contributed by atoms with Crippen LogP contribution in [0.15, 0.2) is 58.3 Å². The van der Waals surface area contributed by atoms with Crippen molar-refractivity contribution in [1.82, 2.24) is 14.5 Å². The number of aliphatic hydroxyl groups excluding tert-OH is 1. The average Bonchev–Trinajstić information content (AvgIpc) is 3.07. The van der Waals surface area contributed by atoms with Gasteiger partial charge in [-0.25, -0.2) is 4.98 Å². The maximum atomic E-state index is 11.6. The van der Waals surface area contributed by atoms with E-state index in [4.69, 9.17) is 4.99 Å². The maximum absolute atomic E-state index is 11.6. The van der Waals surface area contributed by atoms with Crippen LogP contribution in [0.1, 0.15) is 48.6 Å². The number of carbonyl (C=O) groups excluding carboxylic acids is 1. The molecule has 0 bridgehead atoms. The summed E-state index contributed by atoms with van der Waals surface area (Å²) in [5.74, 6) is 0.833. The van der Waals surface area contributed by atoms with Gasteiger partial charge in [0.1, 0.15) is 17.6 Å². The van der Waals surface area contributed by atoms with Gasteiger partial charge in [-0.15, -0.1) is 0 Å². The molecular weight excluding hydrogens is 420 g/mol. The number of rotatable bonds is 5. The summed E-state index contributed by atoms with van der Waals surface area (Å²) in [6, 6.07) is 11.3. The van der Waals surface area contributed by atoms with Gasteiger partial charge in [0, 0.05) is 22.7 Å². The quantitative estimate of drug-likeness (QED) is 0.656. The first-order valence-electron chi connectivity index (χ1n) is 9.04. The lowest BCUT2D eigenvalue weighted by Gasteiger charge is -2.14. The smallest absolute Gasteiger partial charge is 0.138 e. The highest BCUT2D eigenvalue weighted by Crippen LogP contribution is 2.34. The second-order valence-corrected chi connectivity index (χ2v) is 7.63. The van der Waals surface area contributed by atoms with Crippen LogP contribution in [0, 0.1) is 0 Å². The molecule has 28 heavy (non-hydrogen) atoms. The van der Waals surface area contributed by atoms with E-state index in [0.717, 1.165) is 33.0 Å². The van der Waals surface area contributed by atoms with E-state index in [2.05, 4.69) is 25.9 Å². The second-order valence-electron chi connectivity index (χ2n) is 6.71. The summed E-state index contributed by atoms with van der Waals surface area (Å²) in [5.41, 5.74) is 3.97. The van der Waals surface area contributed by atoms with Crippen LogP contribution >= 0.6 is 15.9 Å².